The molecule has 0 aliphatic carbocycles. The maximum Gasteiger partial charge on any atom is 0.401 e. The lowest BCUT2D eigenvalue weighted by Crippen LogP contribution is -2.35. The van der Waals surface area contributed by atoms with Crippen molar-refractivity contribution in [1.29, 1.82) is 0 Å². The van der Waals surface area contributed by atoms with Gasteiger partial charge in [-0.15, -0.1) is 0 Å². The Hall–Kier alpha value is -1.21. The highest BCUT2D eigenvalue weighted by Gasteiger charge is 2.30. The molecule has 0 aromatic heterocycles. The standard InChI is InChI=1S/C13H16F5NO/c1-2-19(8-13(16,17)18)7-6-11(20)9-4-3-5-10(14)12(9)15/h3-5,11,20H,2,6-8H2,1H3. The van der Waals surface area contributed by atoms with Gasteiger partial charge in [0.2, 0.25) is 0 Å². The molecule has 0 heterocycles. The fourth-order valence-corrected chi connectivity index (χ4v) is 1.84. The van der Waals surface area contributed by atoms with Crippen molar-refractivity contribution in [3.63, 3.8) is 0 Å². The summed E-state index contributed by atoms with van der Waals surface area (Å²) in [6.07, 6.45) is -5.77. The normalized spacial score (nSPS) is 13.8. The number of halogens is 5. The number of aliphatic hydroxyl groups excluding tert-OH is 1. The Morgan fingerprint density at radius 1 is 1.25 bits per heavy atom. The van der Waals surface area contributed by atoms with Gasteiger partial charge in [0.15, 0.2) is 11.6 Å². The van der Waals surface area contributed by atoms with Crippen LogP contribution < -0.4 is 0 Å². The molecule has 0 bridgehead atoms. The highest BCUT2D eigenvalue weighted by Crippen LogP contribution is 2.23. The van der Waals surface area contributed by atoms with E-state index in [1.54, 1.807) is 6.92 Å². The van der Waals surface area contributed by atoms with Crippen LogP contribution >= 0.6 is 0 Å². The Bertz CT molecular complexity index is 435. The summed E-state index contributed by atoms with van der Waals surface area (Å²) >= 11 is 0. The number of alkyl halides is 3. The summed E-state index contributed by atoms with van der Waals surface area (Å²) in [4.78, 5) is 1.08. The van der Waals surface area contributed by atoms with Crippen molar-refractivity contribution in [3.05, 3.63) is 35.4 Å². The molecule has 0 aliphatic heterocycles. The molecule has 1 N–H and O–H groups in total. The van der Waals surface area contributed by atoms with Gasteiger partial charge in [0.25, 0.3) is 0 Å². The predicted molar refractivity (Wildman–Crippen MR) is 64.1 cm³/mol. The second-order valence-electron chi connectivity index (χ2n) is 4.43. The lowest BCUT2D eigenvalue weighted by Gasteiger charge is -2.23. The lowest BCUT2D eigenvalue weighted by atomic mass is 10.1. The lowest BCUT2D eigenvalue weighted by molar-refractivity contribution is -0.146. The van der Waals surface area contributed by atoms with Gasteiger partial charge in [-0.2, -0.15) is 13.2 Å². The van der Waals surface area contributed by atoms with Crippen LogP contribution in [0.2, 0.25) is 0 Å². The van der Waals surface area contributed by atoms with E-state index in [1.807, 2.05) is 0 Å². The first kappa shape index (κ1) is 16.8. The first-order valence-electron chi connectivity index (χ1n) is 6.15. The molecule has 0 amide bonds. The summed E-state index contributed by atoms with van der Waals surface area (Å²) in [6.45, 7) is 0.549. The van der Waals surface area contributed by atoms with E-state index in [0.29, 0.717) is 0 Å². The first-order valence-corrected chi connectivity index (χ1v) is 6.15. The van der Waals surface area contributed by atoms with Gasteiger partial charge in [-0.1, -0.05) is 19.1 Å². The molecule has 20 heavy (non-hydrogen) atoms. The van der Waals surface area contributed by atoms with Gasteiger partial charge < -0.3 is 5.11 Å². The van der Waals surface area contributed by atoms with Crippen LogP contribution in [0.4, 0.5) is 22.0 Å². The summed E-state index contributed by atoms with van der Waals surface area (Å²) in [5.74, 6) is -2.26. The average molecular weight is 297 g/mol. The molecule has 0 radical (unpaired) electrons. The molecular weight excluding hydrogens is 281 g/mol. The molecule has 1 aromatic carbocycles. The topological polar surface area (TPSA) is 23.5 Å². The van der Waals surface area contributed by atoms with E-state index in [0.717, 1.165) is 11.0 Å². The molecule has 1 aromatic rings. The maximum atomic E-state index is 13.4. The number of hydrogen-bond acceptors (Lipinski definition) is 2. The maximum absolute atomic E-state index is 13.4. The van der Waals surface area contributed by atoms with Crippen molar-refractivity contribution in [3.8, 4) is 0 Å². The summed E-state index contributed by atoms with van der Waals surface area (Å²) in [5.41, 5.74) is -0.243. The highest BCUT2D eigenvalue weighted by atomic mass is 19.4. The van der Waals surface area contributed by atoms with Crippen LogP contribution in [0.3, 0.4) is 0 Å². The Kier molecular flexibility index (Phi) is 5.88. The molecule has 2 nitrogen and oxygen atoms in total. The monoisotopic (exact) mass is 297 g/mol. The smallest absolute Gasteiger partial charge is 0.388 e. The zero-order chi connectivity index (χ0) is 15.3. The first-order chi connectivity index (χ1) is 9.24. The van der Waals surface area contributed by atoms with Gasteiger partial charge in [-0.25, -0.2) is 8.78 Å². The second-order valence-corrected chi connectivity index (χ2v) is 4.43. The molecule has 0 saturated carbocycles. The van der Waals surface area contributed by atoms with Crippen molar-refractivity contribution in [1.82, 2.24) is 4.90 Å². The van der Waals surface area contributed by atoms with E-state index in [-0.39, 0.29) is 25.1 Å². The molecule has 0 saturated heterocycles. The van der Waals surface area contributed by atoms with Gasteiger partial charge in [-0.3, -0.25) is 4.90 Å². The third-order valence-electron chi connectivity index (χ3n) is 2.91. The van der Waals surface area contributed by atoms with Gasteiger partial charge in [0.05, 0.1) is 12.6 Å². The van der Waals surface area contributed by atoms with Crippen LogP contribution in [-0.2, 0) is 0 Å². The molecule has 0 fully saturated rings. The van der Waals surface area contributed by atoms with Crippen LogP contribution in [0.1, 0.15) is 25.0 Å². The summed E-state index contributed by atoms with van der Waals surface area (Å²) in [5, 5.41) is 9.75. The Balaban J connectivity index is 2.62. The minimum Gasteiger partial charge on any atom is -0.388 e. The van der Waals surface area contributed by atoms with Crippen molar-refractivity contribution in [2.75, 3.05) is 19.6 Å². The Morgan fingerprint density at radius 3 is 2.45 bits per heavy atom. The number of hydrogen-bond donors (Lipinski definition) is 1. The highest BCUT2D eigenvalue weighted by molar-refractivity contribution is 5.21. The van der Waals surface area contributed by atoms with Crippen molar-refractivity contribution in [2.24, 2.45) is 0 Å². The number of rotatable bonds is 6. The quantitative estimate of drug-likeness (QED) is 0.815. The second kappa shape index (κ2) is 6.99. The third kappa shape index (κ3) is 5.05. The molecule has 114 valence electrons. The van der Waals surface area contributed by atoms with Crippen molar-refractivity contribution in [2.45, 2.75) is 25.6 Å². The van der Waals surface area contributed by atoms with Crippen molar-refractivity contribution < 1.29 is 27.1 Å². The van der Waals surface area contributed by atoms with E-state index in [2.05, 4.69) is 0 Å². The van der Waals surface area contributed by atoms with Crippen LogP contribution in [0.5, 0.6) is 0 Å². The largest absolute Gasteiger partial charge is 0.401 e. The predicted octanol–water partition coefficient (Wildman–Crippen LogP) is 3.27. The summed E-state index contributed by atoms with van der Waals surface area (Å²) < 4.78 is 63.1. The van der Waals surface area contributed by atoms with E-state index >= 15 is 0 Å². The Labute approximate surface area is 113 Å². The molecule has 1 unspecified atom stereocenters. The SMILES string of the molecule is CCN(CCC(O)c1cccc(F)c1F)CC(F)(F)F. The number of benzene rings is 1. The van der Waals surface area contributed by atoms with E-state index in [4.69, 9.17) is 0 Å². The molecule has 7 heteroatoms. The summed E-state index contributed by atoms with van der Waals surface area (Å²) in [6, 6.07) is 3.36. The van der Waals surface area contributed by atoms with Gasteiger partial charge in [0.1, 0.15) is 0 Å². The molecule has 0 spiro atoms. The minimum absolute atomic E-state index is 0.0624. The number of nitrogens with zero attached hydrogens (tertiary/aromatic N) is 1. The molecule has 1 rings (SSSR count). The van der Waals surface area contributed by atoms with Crippen LogP contribution in [0.15, 0.2) is 18.2 Å². The Morgan fingerprint density at radius 2 is 1.90 bits per heavy atom. The summed E-state index contributed by atoms with van der Waals surface area (Å²) in [7, 11) is 0. The zero-order valence-corrected chi connectivity index (χ0v) is 10.9. The van der Waals surface area contributed by atoms with Crippen LogP contribution in [0.25, 0.3) is 0 Å². The fraction of sp³-hybridized carbons (Fsp3) is 0.538. The van der Waals surface area contributed by atoms with E-state index in [9.17, 15) is 27.1 Å². The van der Waals surface area contributed by atoms with Crippen molar-refractivity contribution >= 4 is 0 Å². The van der Waals surface area contributed by atoms with Gasteiger partial charge in [0, 0.05) is 12.1 Å². The van der Waals surface area contributed by atoms with E-state index in [1.165, 1.54) is 12.1 Å². The zero-order valence-electron chi connectivity index (χ0n) is 10.9. The molecule has 1 atom stereocenters. The average Bonchev–Trinajstić information content (AvgIpc) is 2.36. The van der Waals surface area contributed by atoms with Crippen LogP contribution in [0, 0.1) is 11.6 Å². The van der Waals surface area contributed by atoms with Gasteiger partial charge >= 0.3 is 6.18 Å². The molecule has 0 aliphatic rings. The van der Waals surface area contributed by atoms with E-state index < -0.39 is 30.5 Å². The third-order valence-corrected chi connectivity index (χ3v) is 2.91. The van der Waals surface area contributed by atoms with Gasteiger partial charge in [-0.05, 0) is 19.0 Å². The number of aliphatic hydroxyl groups is 1. The van der Waals surface area contributed by atoms with Crippen LogP contribution in [-0.4, -0.2) is 35.8 Å². The minimum atomic E-state index is -4.33. The molecular formula is C13H16F5NO. The fourth-order valence-electron chi connectivity index (χ4n) is 1.84.